The Morgan fingerprint density at radius 3 is 2.72 bits per heavy atom. The lowest BCUT2D eigenvalue weighted by Crippen LogP contribution is -2.62. The zero-order chi connectivity index (χ0) is 26.9. The molecule has 0 radical (unpaired) electrons. The zero-order valence-electron chi connectivity index (χ0n) is 21.2. The molecule has 2 aromatic rings. The monoisotopic (exact) mass is 547 g/mol. The van der Waals surface area contributed by atoms with Crippen molar-refractivity contribution in [2.75, 3.05) is 24.5 Å². The molecular weight excluding hydrogens is 518 g/mol. The van der Waals surface area contributed by atoms with E-state index in [-0.39, 0.29) is 47.2 Å². The number of nitrogens with one attached hydrogen (secondary N) is 3. The predicted octanol–water partition coefficient (Wildman–Crippen LogP) is 2.35. The molecule has 12 heteroatoms. The number of piperidine rings is 2. The SMILES string of the molecule is C=CC(=O)N1CCC[C@@H](NC(=O)C2=C3NC(=O)N(c4ncc(Oc5ccccc5)cn4)C4CCNC(S2)C34)C1. The molecule has 202 valence electrons. The number of nitrogens with zero attached hydrogens (tertiary/aromatic N) is 4. The van der Waals surface area contributed by atoms with Crippen LogP contribution in [0.4, 0.5) is 10.7 Å². The highest BCUT2D eigenvalue weighted by Gasteiger charge is 2.52. The zero-order valence-corrected chi connectivity index (χ0v) is 22.0. The molecule has 1 aromatic carbocycles. The van der Waals surface area contributed by atoms with Crippen LogP contribution in [0.2, 0.25) is 0 Å². The van der Waals surface area contributed by atoms with E-state index in [1.165, 1.54) is 17.8 Å². The van der Waals surface area contributed by atoms with Gasteiger partial charge >= 0.3 is 6.03 Å². The van der Waals surface area contributed by atoms with Crippen LogP contribution in [-0.4, -0.2) is 69.8 Å². The lowest BCUT2D eigenvalue weighted by molar-refractivity contribution is -0.128. The van der Waals surface area contributed by atoms with Crippen molar-refractivity contribution in [3.8, 4) is 11.5 Å². The number of urea groups is 1. The van der Waals surface area contributed by atoms with Crippen molar-refractivity contribution in [3.63, 3.8) is 0 Å². The molecule has 6 rings (SSSR count). The van der Waals surface area contributed by atoms with E-state index in [2.05, 4.69) is 32.5 Å². The maximum atomic E-state index is 13.4. The van der Waals surface area contributed by atoms with Gasteiger partial charge in [-0.3, -0.25) is 14.5 Å². The van der Waals surface area contributed by atoms with Crippen molar-refractivity contribution in [1.82, 2.24) is 30.8 Å². The van der Waals surface area contributed by atoms with Crippen LogP contribution in [0.25, 0.3) is 0 Å². The van der Waals surface area contributed by atoms with E-state index in [0.717, 1.165) is 12.8 Å². The van der Waals surface area contributed by atoms with Crippen LogP contribution in [-0.2, 0) is 9.59 Å². The largest absolute Gasteiger partial charge is 0.454 e. The van der Waals surface area contributed by atoms with E-state index in [0.29, 0.717) is 48.2 Å². The number of amides is 4. The predicted molar refractivity (Wildman–Crippen MR) is 146 cm³/mol. The Kier molecular flexibility index (Phi) is 6.96. The smallest absolute Gasteiger partial charge is 0.328 e. The summed E-state index contributed by atoms with van der Waals surface area (Å²) in [5.41, 5.74) is 0.639. The molecule has 4 aliphatic heterocycles. The first-order valence-electron chi connectivity index (χ1n) is 13.0. The molecule has 3 unspecified atom stereocenters. The number of rotatable bonds is 6. The minimum atomic E-state index is -0.364. The highest BCUT2D eigenvalue weighted by atomic mass is 32.2. The fourth-order valence-corrected chi connectivity index (χ4v) is 7.04. The van der Waals surface area contributed by atoms with E-state index in [4.69, 9.17) is 4.74 Å². The summed E-state index contributed by atoms with van der Waals surface area (Å²) in [6.45, 7) is 5.36. The number of carbonyl (C=O) groups is 3. The molecule has 0 bridgehead atoms. The Balaban J connectivity index is 1.19. The van der Waals surface area contributed by atoms with Gasteiger partial charge < -0.3 is 25.6 Å². The summed E-state index contributed by atoms with van der Waals surface area (Å²) in [6, 6.07) is 8.62. The van der Waals surface area contributed by atoms with Gasteiger partial charge in [-0.1, -0.05) is 36.5 Å². The Hall–Kier alpha value is -3.90. The molecule has 39 heavy (non-hydrogen) atoms. The molecule has 1 aromatic heterocycles. The second-order valence-electron chi connectivity index (χ2n) is 9.85. The lowest BCUT2D eigenvalue weighted by atomic mass is 9.87. The summed E-state index contributed by atoms with van der Waals surface area (Å²) in [7, 11) is 0. The summed E-state index contributed by atoms with van der Waals surface area (Å²) < 4.78 is 5.79. The van der Waals surface area contributed by atoms with Crippen LogP contribution < -0.4 is 25.6 Å². The number of ether oxygens (including phenoxy) is 1. The number of aromatic nitrogens is 2. The molecule has 4 amide bonds. The Morgan fingerprint density at radius 1 is 1.15 bits per heavy atom. The third kappa shape index (κ3) is 4.97. The van der Waals surface area contributed by atoms with Gasteiger partial charge in [-0.25, -0.2) is 14.8 Å². The van der Waals surface area contributed by atoms with E-state index in [9.17, 15) is 14.4 Å². The van der Waals surface area contributed by atoms with Gasteiger partial charge in [0.05, 0.1) is 28.7 Å². The van der Waals surface area contributed by atoms with E-state index in [1.54, 1.807) is 22.2 Å². The van der Waals surface area contributed by atoms with Gasteiger partial charge in [0.2, 0.25) is 11.9 Å². The maximum absolute atomic E-state index is 13.4. The summed E-state index contributed by atoms with van der Waals surface area (Å²) in [5, 5.41) is 9.49. The number of thioether (sulfide) groups is 1. The van der Waals surface area contributed by atoms with Crippen LogP contribution >= 0.6 is 11.8 Å². The fraction of sp³-hybridized carbons (Fsp3) is 0.370. The Labute approximate surface area is 230 Å². The third-order valence-corrected chi connectivity index (χ3v) is 8.75. The standard InChI is InChI=1S/C27H29N7O4S/c1-2-20(35)33-12-6-7-16(15-33)31-24(36)23-22-21-19(10-11-28-25(21)39-23)34(27(37)32-22)26-29-13-18(14-30-26)38-17-8-4-3-5-9-17/h2-5,8-9,13-14,16,19,21,25,28H,1,6-7,10-12,15H2,(H,31,36)(H,32,37)/t16-,19?,21?,25?/m1/s1. The quantitative estimate of drug-likeness (QED) is 0.470. The van der Waals surface area contributed by atoms with Gasteiger partial charge in [0, 0.05) is 30.7 Å². The van der Waals surface area contributed by atoms with Crippen molar-refractivity contribution < 1.29 is 19.1 Å². The van der Waals surface area contributed by atoms with Crippen LogP contribution in [0, 0.1) is 5.92 Å². The summed E-state index contributed by atoms with van der Waals surface area (Å²) in [6.07, 6.45) is 6.70. The highest BCUT2D eigenvalue weighted by molar-refractivity contribution is 8.04. The molecule has 0 spiro atoms. The molecule has 0 saturated carbocycles. The summed E-state index contributed by atoms with van der Waals surface area (Å²) in [5.74, 6) is 0.951. The Morgan fingerprint density at radius 2 is 1.95 bits per heavy atom. The minimum Gasteiger partial charge on any atom is -0.454 e. The number of benzene rings is 1. The average Bonchev–Trinajstić information content (AvgIpc) is 3.33. The van der Waals surface area contributed by atoms with Gasteiger partial charge in [-0.15, -0.1) is 0 Å². The van der Waals surface area contributed by atoms with Crippen molar-refractivity contribution in [3.05, 3.63) is 66.0 Å². The van der Waals surface area contributed by atoms with Gasteiger partial charge in [0.1, 0.15) is 5.75 Å². The number of anilines is 1. The number of hydrogen-bond donors (Lipinski definition) is 3. The first-order valence-corrected chi connectivity index (χ1v) is 13.9. The molecule has 11 nitrogen and oxygen atoms in total. The molecule has 4 atom stereocenters. The number of carbonyl (C=O) groups excluding carboxylic acids is 3. The third-order valence-electron chi connectivity index (χ3n) is 7.40. The molecule has 4 aliphatic rings. The minimum absolute atomic E-state index is 0.0616. The summed E-state index contributed by atoms with van der Waals surface area (Å²) in [4.78, 5) is 51.5. The molecule has 0 aliphatic carbocycles. The van der Waals surface area contributed by atoms with Gasteiger partial charge in [-0.2, -0.15) is 0 Å². The van der Waals surface area contributed by atoms with Gasteiger partial charge in [0.15, 0.2) is 5.75 Å². The molecule has 3 N–H and O–H groups in total. The topological polar surface area (TPSA) is 129 Å². The second kappa shape index (κ2) is 10.7. The first-order chi connectivity index (χ1) is 19.0. The number of likely N-dealkylation sites (tertiary alicyclic amines) is 1. The average molecular weight is 548 g/mol. The number of para-hydroxylation sites is 1. The van der Waals surface area contributed by atoms with Crippen molar-refractivity contribution in [2.24, 2.45) is 5.92 Å². The van der Waals surface area contributed by atoms with Crippen molar-refractivity contribution in [1.29, 1.82) is 0 Å². The molecule has 5 heterocycles. The lowest BCUT2D eigenvalue weighted by Gasteiger charge is -2.44. The first kappa shape index (κ1) is 25.4. The van der Waals surface area contributed by atoms with E-state index < -0.39 is 0 Å². The molecule has 3 saturated heterocycles. The van der Waals surface area contributed by atoms with Crippen molar-refractivity contribution >= 4 is 35.6 Å². The maximum Gasteiger partial charge on any atom is 0.328 e. The van der Waals surface area contributed by atoms with E-state index >= 15 is 0 Å². The van der Waals surface area contributed by atoms with Crippen molar-refractivity contribution in [2.45, 2.75) is 36.7 Å². The highest BCUT2D eigenvalue weighted by Crippen LogP contribution is 2.47. The van der Waals surface area contributed by atoms with Gasteiger partial charge in [-0.05, 0) is 44.0 Å². The molecular formula is C27H29N7O4S. The normalized spacial score (nSPS) is 26.0. The van der Waals surface area contributed by atoms with Crippen LogP contribution in [0.5, 0.6) is 11.5 Å². The van der Waals surface area contributed by atoms with Crippen LogP contribution in [0.15, 0.2) is 66.0 Å². The molecule has 3 fully saturated rings. The van der Waals surface area contributed by atoms with Crippen LogP contribution in [0.3, 0.4) is 0 Å². The number of hydrogen-bond acceptors (Lipinski definition) is 8. The van der Waals surface area contributed by atoms with Crippen LogP contribution in [0.1, 0.15) is 19.3 Å². The fourth-order valence-electron chi connectivity index (χ4n) is 5.64. The summed E-state index contributed by atoms with van der Waals surface area (Å²) >= 11 is 1.44. The van der Waals surface area contributed by atoms with E-state index in [1.807, 2.05) is 30.3 Å². The van der Waals surface area contributed by atoms with Gasteiger partial charge in [0.25, 0.3) is 5.91 Å². The Bertz CT molecular complexity index is 1320. The second-order valence-corrected chi connectivity index (χ2v) is 11.0.